The van der Waals surface area contributed by atoms with Crippen LogP contribution in [0, 0.1) is 0 Å². The van der Waals surface area contributed by atoms with Crippen molar-refractivity contribution in [2.75, 3.05) is 20.3 Å². The first kappa shape index (κ1) is 14.5. The Kier molecular flexibility index (Phi) is 4.57. The predicted molar refractivity (Wildman–Crippen MR) is 71.2 cm³/mol. The van der Waals surface area contributed by atoms with E-state index in [1.165, 1.54) is 16.4 Å². The van der Waals surface area contributed by atoms with Gasteiger partial charge < -0.3 is 9.84 Å². The number of hydrogen-bond acceptors (Lipinski definition) is 4. The minimum absolute atomic E-state index is 0.00346. The van der Waals surface area contributed by atoms with Gasteiger partial charge in [-0.25, -0.2) is 8.42 Å². The highest BCUT2D eigenvalue weighted by Gasteiger charge is 2.29. The Hall–Kier alpha value is -0.950. The largest absolute Gasteiger partial charge is 0.392 e. The molecule has 1 aliphatic heterocycles. The van der Waals surface area contributed by atoms with Crippen molar-refractivity contribution in [2.24, 2.45) is 0 Å². The maximum Gasteiger partial charge on any atom is 0.243 e. The summed E-state index contributed by atoms with van der Waals surface area (Å²) in [5, 5.41) is 8.97. The fourth-order valence-corrected chi connectivity index (χ4v) is 3.59. The Bertz CT molecular complexity index is 506. The Labute approximate surface area is 113 Å². The molecule has 106 valence electrons. The highest BCUT2D eigenvalue weighted by atomic mass is 32.2. The smallest absolute Gasteiger partial charge is 0.243 e. The van der Waals surface area contributed by atoms with E-state index in [1.807, 2.05) is 0 Å². The Morgan fingerprint density at radius 3 is 2.37 bits per heavy atom. The third-order valence-electron chi connectivity index (χ3n) is 3.49. The molecule has 0 unspecified atom stereocenters. The molecular weight excluding hydrogens is 266 g/mol. The van der Waals surface area contributed by atoms with Crippen molar-refractivity contribution in [1.29, 1.82) is 0 Å². The Balaban J connectivity index is 2.19. The third kappa shape index (κ3) is 3.14. The molecule has 0 aromatic heterocycles. The van der Waals surface area contributed by atoms with Crippen LogP contribution in [-0.4, -0.2) is 44.1 Å². The van der Waals surface area contributed by atoms with Crippen LogP contribution >= 0.6 is 0 Å². The fraction of sp³-hybridized carbons (Fsp3) is 0.538. The number of aliphatic hydroxyl groups is 1. The first-order chi connectivity index (χ1) is 9.05. The molecule has 1 aromatic carbocycles. The van der Waals surface area contributed by atoms with Crippen molar-refractivity contribution < 1.29 is 18.3 Å². The van der Waals surface area contributed by atoms with E-state index in [0.29, 0.717) is 18.8 Å². The van der Waals surface area contributed by atoms with Gasteiger partial charge in [0.05, 0.1) is 11.5 Å². The summed E-state index contributed by atoms with van der Waals surface area (Å²) in [5.74, 6) is 0. The number of hydrogen-bond donors (Lipinski definition) is 1. The summed E-state index contributed by atoms with van der Waals surface area (Å²) in [6.45, 7) is 1.12. The van der Waals surface area contributed by atoms with Crippen molar-refractivity contribution in [2.45, 2.75) is 30.4 Å². The van der Waals surface area contributed by atoms with Gasteiger partial charge in [-0.1, -0.05) is 12.1 Å². The van der Waals surface area contributed by atoms with Gasteiger partial charge in [0.25, 0.3) is 0 Å². The zero-order valence-corrected chi connectivity index (χ0v) is 11.8. The molecule has 1 N–H and O–H groups in total. The van der Waals surface area contributed by atoms with Crippen molar-refractivity contribution in [3.8, 4) is 0 Å². The van der Waals surface area contributed by atoms with Crippen LogP contribution in [-0.2, 0) is 21.4 Å². The van der Waals surface area contributed by atoms with E-state index in [4.69, 9.17) is 9.84 Å². The summed E-state index contributed by atoms with van der Waals surface area (Å²) in [6, 6.07) is 6.33. The van der Waals surface area contributed by atoms with Gasteiger partial charge in [0.2, 0.25) is 10.0 Å². The van der Waals surface area contributed by atoms with Crippen LogP contribution in [0.4, 0.5) is 0 Å². The van der Waals surface area contributed by atoms with E-state index in [2.05, 4.69) is 0 Å². The first-order valence-corrected chi connectivity index (χ1v) is 7.75. The number of rotatable bonds is 4. The van der Waals surface area contributed by atoms with E-state index < -0.39 is 10.0 Å². The summed E-state index contributed by atoms with van der Waals surface area (Å²) in [7, 11) is -1.85. The van der Waals surface area contributed by atoms with Gasteiger partial charge in [-0.2, -0.15) is 4.31 Å². The third-order valence-corrected chi connectivity index (χ3v) is 5.41. The second-order valence-corrected chi connectivity index (χ2v) is 6.66. The predicted octanol–water partition coefficient (Wildman–Crippen LogP) is 0.978. The summed E-state index contributed by atoms with van der Waals surface area (Å²) >= 11 is 0. The van der Waals surface area contributed by atoms with Crippen molar-refractivity contribution in [3.63, 3.8) is 0 Å². The molecule has 1 heterocycles. The molecule has 1 aliphatic rings. The van der Waals surface area contributed by atoms with Crippen LogP contribution in [0.25, 0.3) is 0 Å². The van der Waals surface area contributed by atoms with Crippen LogP contribution in [0.15, 0.2) is 29.2 Å². The summed E-state index contributed by atoms with van der Waals surface area (Å²) < 4.78 is 31.6. The van der Waals surface area contributed by atoms with Crippen molar-refractivity contribution in [1.82, 2.24) is 4.31 Å². The van der Waals surface area contributed by atoms with E-state index >= 15 is 0 Å². The average Bonchev–Trinajstić information content (AvgIpc) is 2.47. The fourth-order valence-electron chi connectivity index (χ4n) is 2.18. The lowest BCUT2D eigenvalue weighted by molar-refractivity contribution is 0.0632. The molecule has 0 radical (unpaired) electrons. The Morgan fingerprint density at radius 1 is 1.26 bits per heavy atom. The molecule has 0 saturated carbocycles. The van der Waals surface area contributed by atoms with Crippen LogP contribution < -0.4 is 0 Å². The zero-order chi connectivity index (χ0) is 13.9. The van der Waals surface area contributed by atoms with Gasteiger partial charge in [0, 0.05) is 26.3 Å². The molecule has 1 saturated heterocycles. The molecule has 0 amide bonds. The van der Waals surface area contributed by atoms with Crippen molar-refractivity contribution in [3.05, 3.63) is 29.8 Å². The van der Waals surface area contributed by atoms with E-state index in [1.54, 1.807) is 19.2 Å². The minimum atomic E-state index is -3.47. The summed E-state index contributed by atoms with van der Waals surface area (Å²) in [5.41, 5.74) is 0.702. The van der Waals surface area contributed by atoms with Crippen molar-refractivity contribution >= 4 is 10.0 Å². The van der Waals surface area contributed by atoms with E-state index in [9.17, 15) is 8.42 Å². The maximum atomic E-state index is 12.5. The number of sulfonamides is 1. The van der Waals surface area contributed by atoms with Gasteiger partial charge >= 0.3 is 0 Å². The van der Waals surface area contributed by atoms with Crippen LogP contribution in [0.1, 0.15) is 18.4 Å². The van der Waals surface area contributed by atoms with Gasteiger partial charge in [0.15, 0.2) is 0 Å². The highest BCUT2D eigenvalue weighted by molar-refractivity contribution is 7.89. The molecule has 0 spiro atoms. The molecule has 5 nitrogen and oxygen atoms in total. The molecule has 0 aliphatic carbocycles. The van der Waals surface area contributed by atoms with Gasteiger partial charge in [-0.05, 0) is 30.5 Å². The number of benzene rings is 1. The number of aliphatic hydroxyl groups excluding tert-OH is 1. The molecular formula is C13H19NO4S. The van der Waals surface area contributed by atoms with Crippen LogP contribution in [0.3, 0.4) is 0 Å². The molecule has 1 aromatic rings. The SMILES string of the molecule is CN(C1CCOCC1)S(=O)(=O)c1ccc(CO)cc1. The maximum absolute atomic E-state index is 12.5. The number of nitrogens with zero attached hydrogens (tertiary/aromatic N) is 1. The first-order valence-electron chi connectivity index (χ1n) is 6.31. The second kappa shape index (κ2) is 6.00. The molecule has 19 heavy (non-hydrogen) atoms. The Morgan fingerprint density at radius 2 is 1.84 bits per heavy atom. The normalized spacial score (nSPS) is 17.8. The van der Waals surface area contributed by atoms with Crippen LogP contribution in [0.2, 0.25) is 0 Å². The minimum Gasteiger partial charge on any atom is -0.392 e. The van der Waals surface area contributed by atoms with Crippen LogP contribution in [0.5, 0.6) is 0 Å². The van der Waals surface area contributed by atoms with E-state index in [0.717, 1.165) is 12.8 Å². The van der Waals surface area contributed by atoms with Gasteiger partial charge in [-0.15, -0.1) is 0 Å². The van der Waals surface area contributed by atoms with E-state index in [-0.39, 0.29) is 17.5 Å². The van der Waals surface area contributed by atoms with Gasteiger partial charge in [-0.3, -0.25) is 0 Å². The topological polar surface area (TPSA) is 66.8 Å². The lowest BCUT2D eigenvalue weighted by atomic mass is 10.1. The number of ether oxygens (including phenoxy) is 1. The lowest BCUT2D eigenvalue weighted by Crippen LogP contribution is -2.40. The summed E-state index contributed by atoms with van der Waals surface area (Å²) in [4.78, 5) is 0.263. The quantitative estimate of drug-likeness (QED) is 0.895. The molecule has 2 rings (SSSR count). The highest BCUT2D eigenvalue weighted by Crippen LogP contribution is 2.22. The molecule has 1 fully saturated rings. The standard InChI is InChI=1S/C13H19NO4S/c1-14(12-6-8-18-9-7-12)19(16,17)13-4-2-11(10-15)3-5-13/h2-5,12,15H,6-10H2,1H3. The molecule has 0 bridgehead atoms. The average molecular weight is 285 g/mol. The summed E-state index contributed by atoms with van der Waals surface area (Å²) in [6.07, 6.45) is 1.45. The lowest BCUT2D eigenvalue weighted by Gasteiger charge is -2.30. The monoisotopic (exact) mass is 285 g/mol. The zero-order valence-electron chi connectivity index (χ0n) is 10.9. The molecule has 6 heteroatoms. The second-order valence-electron chi connectivity index (χ2n) is 4.67. The molecule has 0 atom stereocenters. The van der Waals surface area contributed by atoms with Gasteiger partial charge in [0.1, 0.15) is 0 Å².